The smallest absolute Gasteiger partial charge is 0.399 e. The molecule has 3 nitrogen and oxygen atoms in total. The molecule has 5 heteroatoms. The van der Waals surface area contributed by atoms with Crippen molar-refractivity contribution in [2.45, 2.75) is 58.3 Å². The van der Waals surface area contributed by atoms with Crippen LogP contribution < -0.4 is 5.46 Å². The molecule has 0 unspecified atom stereocenters. The molecule has 0 aliphatic carbocycles. The van der Waals surface area contributed by atoms with E-state index in [9.17, 15) is 4.39 Å². The monoisotopic (exact) mass is 305 g/mol. The number of nitrogens with zero attached hydrogens (tertiary/aromatic N) is 1. The van der Waals surface area contributed by atoms with Gasteiger partial charge in [0, 0.05) is 17.6 Å². The average molecular weight is 305 g/mol. The number of hydrogen-bond acceptors (Lipinski definition) is 3. The second kappa shape index (κ2) is 5.62. The Labute approximate surface area is 132 Å². The van der Waals surface area contributed by atoms with E-state index in [1.807, 2.05) is 39.8 Å². The van der Waals surface area contributed by atoms with Gasteiger partial charge in [-0.05, 0) is 53.6 Å². The number of benzene rings is 1. The van der Waals surface area contributed by atoms with Crippen LogP contribution in [0.2, 0.25) is 0 Å². The van der Waals surface area contributed by atoms with Crippen LogP contribution in [-0.2, 0) is 15.9 Å². The lowest BCUT2D eigenvalue weighted by molar-refractivity contribution is 0.00578. The molecule has 2 heterocycles. The molecule has 1 aromatic rings. The molecule has 1 aromatic carbocycles. The topological polar surface area (TPSA) is 21.7 Å². The molecule has 0 atom stereocenters. The van der Waals surface area contributed by atoms with Gasteiger partial charge in [0.2, 0.25) is 0 Å². The van der Waals surface area contributed by atoms with Gasteiger partial charge in [0.15, 0.2) is 0 Å². The van der Waals surface area contributed by atoms with Gasteiger partial charge >= 0.3 is 7.12 Å². The van der Waals surface area contributed by atoms with Gasteiger partial charge in [-0.1, -0.05) is 18.2 Å². The minimum atomic E-state index is -0.636. The van der Waals surface area contributed by atoms with Crippen LogP contribution in [0.4, 0.5) is 4.39 Å². The molecule has 0 amide bonds. The first-order chi connectivity index (χ1) is 10.3. The number of likely N-dealkylation sites (tertiary alicyclic amines) is 1. The standard InChI is InChI=1S/C17H25BFNO2/c1-16(2)17(3,4)22-18(21-16)14-9-7-8-13(15(14)19)12-20-10-5-6-11-20/h7-9H,5-6,10-12H2,1-4H3. The van der Waals surface area contributed by atoms with Gasteiger partial charge in [-0.25, -0.2) is 4.39 Å². The Hall–Kier alpha value is -0.905. The zero-order valence-corrected chi connectivity index (χ0v) is 14.0. The van der Waals surface area contributed by atoms with Crippen molar-refractivity contribution >= 4 is 12.6 Å². The normalized spacial score (nSPS) is 24.1. The quantitative estimate of drug-likeness (QED) is 0.802. The first-order valence-corrected chi connectivity index (χ1v) is 8.15. The molecule has 2 aliphatic heterocycles. The molecule has 0 aromatic heterocycles. The van der Waals surface area contributed by atoms with Crippen LogP contribution in [-0.4, -0.2) is 36.3 Å². The molecule has 3 rings (SSSR count). The fourth-order valence-electron chi connectivity index (χ4n) is 3.06. The minimum Gasteiger partial charge on any atom is -0.399 e. The first kappa shape index (κ1) is 16.0. The fourth-order valence-corrected chi connectivity index (χ4v) is 3.06. The molecule has 120 valence electrons. The molecule has 0 N–H and O–H groups in total. The van der Waals surface area contributed by atoms with Crippen molar-refractivity contribution in [2.24, 2.45) is 0 Å². The van der Waals surface area contributed by atoms with Crippen molar-refractivity contribution in [3.63, 3.8) is 0 Å². The summed E-state index contributed by atoms with van der Waals surface area (Å²) in [7, 11) is -0.636. The Bertz CT molecular complexity index is 540. The molecule has 2 aliphatic rings. The van der Waals surface area contributed by atoms with Crippen LogP contribution in [0.15, 0.2) is 18.2 Å². The lowest BCUT2D eigenvalue weighted by Gasteiger charge is -2.32. The van der Waals surface area contributed by atoms with Gasteiger partial charge in [-0.15, -0.1) is 0 Å². The highest BCUT2D eigenvalue weighted by atomic mass is 19.1. The van der Waals surface area contributed by atoms with Crippen LogP contribution in [0.1, 0.15) is 46.1 Å². The van der Waals surface area contributed by atoms with Gasteiger partial charge in [-0.2, -0.15) is 0 Å². The summed E-state index contributed by atoms with van der Waals surface area (Å²) in [5, 5.41) is 0. The summed E-state index contributed by atoms with van der Waals surface area (Å²) in [6.45, 7) is 10.7. The van der Waals surface area contributed by atoms with Crippen molar-refractivity contribution in [1.29, 1.82) is 0 Å². The first-order valence-electron chi connectivity index (χ1n) is 8.15. The second-order valence-electron chi connectivity index (χ2n) is 7.39. The minimum absolute atomic E-state index is 0.187. The zero-order valence-electron chi connectivity index (χ0n) is 14.0. The summed E-state index contributed by atoms with van der Waals surface area (Å²) < 4.78 is 26.9. The lowest BCUT2D eigenvalue weighted by atomic mass is 9.78. The SMILES string of the molecule is CC1(C)OB(c2cccc(CN3CCCC3)c2F)OC1(C)C. The summed E-state index contributed by atoms with van der Waals surface area (Å²) >= 11 is 0. The Morgan fingerprint density at radius 1 is 1.09 bits per heavy atom. The third-order valence-corrected chi connectivity index (χ3v) is 5.21. The van der Waals surface area contributed by atoms with Gasteiger partial charge in [0.1, 0.15) is 5.82 Å². The van der Waals surface area contributed by atoms with E-state index in [0.717, 1.165) is 18.7 Å². The molecule has 0 spiro atoms. The summed E-state index contributed by atoms with van der Waals surface area (Å²) in [6.07, 6.45) is 2.41. The second-order valence-corrected chi connectivity index (χ2v) is 7.39. The van der Waals surface area contributed by atoms with E-state index >= 15 is 0 Å². The van der Waals surface area contributed by atoms with E-state index in [1.54, 1.807) is 6.07 Å². The number of halogens is 1. The highest BCUT2D eigenvalue weighted by Crippen LogP contribution is 2.36. The van der Waals surface area contributed by atoms with Crippen LogP contribution >= 0.6 is 0 Å². The van der Waals surface area contributed by atoms with Gasteiger partial charge < -0.3 is 9.31 Å². The number of rotatable bonds is 3. The summed E-state index contributed by atoms with van der Waals surface area (Å²) in [5.74, 6) is -0.187. The Morgan fingerprint density at radius 3 is 2.27 bits per heavy atom. The zero-order chi connectivity index (χ0) is 16.0. The molecule has 2 fully saturated rings. The third-order valence-electron chi connectivity index (χ3n) is 5.21. The van der Waals surface area contributed by atoms with Crippen molar-refractivity contribution in [3.8, 4) is 0 Å². The van der Waals surface area contributed by atoms with Crippen LogP contribution in [0.25, 0.3) is 0 Å². The number of hydrogen-bond donors (Lipinski definition) is 0. The van der Waals surface area contributed by atoms with Crippen LogP contribution in [0.5, 0.6) is 0 Å². The Kier molecular flexibility index (Phi) is 4.08. The maximum absolute atomic E-state index is 14.9. The van der Waals surface area contributed by atoms with Crippen LogP contribution in [0.3, 0.4) is 0 Å². The van der Waals surface area contributed by atoms with Crippen molar-refractivity contribution in [2.75, 3.05) is 13.1 Å². The summed E-state index contributed by atoms with van der Waals surface area (Å²) in [4.78, 5) is 2.30. The predicted octanol–water partition coefficient (Wildman–Crippen LogP) is 2.72. The van der Waals surface area contributed by atoms with Crippen LogP contribution in [0, 0.1) is 5.82 Å². The Balaban J connectivity index is 1.83. The highest BCUT2D eigenvalue weighted by molar-refractivity contribution is 6.62. The molecule has 0 radical (unpaired) electrons. The van der Waals surface area contributed by atoms with Crippen molar-refractivity contribution in [3.05, 3.63) is 29.6 Å². The van der Waals surface area contributed by atoms with E-state index in [4.69, 9.17) is 9.31 Å². The van der Waals surface area contributed by atoms with Crippen molar-refractivity contribution in [1.82, 2.24) is 4.90 Å². The van der Waals surface area contributed by atoms with E-state index in [1.165, 1.54) is 12.8 Å². The molecular weight excluding hydrogens is 280 g/mol. The van der Waals surface area contributed by atoms with Gasteiger partial charge in [-0.3, -0.25) is 4.90 Å². The lowest BCUT2D eigenvalue weighted by Crippen LogP contribution is -2.41. The van der Waals surface area contributed by atoms with Crippen molar-refractivity contribution < 1.29 is 13.7 Å². The maximum Gasteiger partial charge on any atom is 0.497 e. The van der Waals surface area contributed by atoms with Gasteiger partial charge in [0.25, 0.3) is 0 Å². The molecule has 0 saturated carbocycles. The molecular formula is C17H25BFNO2. The predicted molar refractivity (Wildman–Crippen MR) is 86.6 cm³/mol. The van der Waals surface area contributed by atoms with E-state index < -0.39 is 18.3 Å². The summed E-state index contributed by atoms with van der Waals surface area (Å²) in [6, 6.07) is 5.53. The summed E-state index contributed by atoms with van der Waals surface area (Å²) in [5.41, 5.74) is 0.342. The third kappa shape index (κ3) is 2.82. The Morgan fingerprint density at radius 2 is 1.68 bits per heavy atom. The molecule has 0 bridgehead atoms. The van der Waals surface area contributed by atoms with E-state index in [0.29, 0.717) is 12.0 Å². The average Bonchev–Trinajstić information content (AvgIpc) is 2.99. The van der Waals surface area contributed by atoms with Gasteiger partial charge in [0.05, 0.1) is 11.2 Å². The maximum atomic E-state index is 14.9. The largest absolute Gasteiger partial charge is 0.497 e. The van der Waals surface area contributed by atoms with E-state index in [2.05, 4.69) is 4.90 Å². The highest BCUT2D eigenvalue weighted by Gasteiger charge is 2.52. The fraction of sp³-hybridized carbons (Fsp3) is 0.647. The molecule has 2 saturated heterocycles. The van der Waals surface area contributed by atoms with E-state index in [-0.39, 0.29) is 5.82 Å². The molecule has 22 heavy (non-hydrogen) atoms.